The number of hydrogen-bond acceptors (Lipinski definition) is 6. The van der Waals surface area contributed by atoms with Gasteiger partial charge in [-0.25, -0.2) is 4.79 Å². The van der Waals surface area contributed by atoms with Gasteiger partial charge in [0.25, 0.3) is 0 Å². The highest BCUT2D eigenvalue weighted by Gasteiger charge is 2.32. The lowest BCUT2D eigenvalue weighted by Crippen LogP contribution is -2.43. The van der Waals surface area contributed by atoms with E-state index in [2.05, 4.69) is 6.07 Å². The van der Waals surface area contributed by atoms with Gasteiger partial charge in [-0.1, -0.05) is 6.07 Å². The molecule has 8 nitrogen and oxygen atoms in total. The molecular weight excluding hydrogens is 442 g/mol. The summed E-state index contributed by atoms with van der Waals surface area (Å²) in [6, 6.07) is 13.4. The Bertz CT molecular complexity index is 1030. The Morgan fingerprint density at radius 3 is 2.70 bits per heavy atom. The largest absolute Gasteiger partial charge is 0.497 e. The molecule has 0 saturated carbocycles. The maximum Gasteiger partial charge on any atom is 0.325 e. The molecule has 33 heavy (non-hydrogen) atoms. The van der Waals surface area contributed by atoms with Crippen molar-refractivity contribution in [2.24, 2.45) is 0 Å². The first-order valence-electron chi connectivity index (χ1n) is 11.1. The third-order valence-electron chi connectivity index (χ3n) is 6.27. The van der Waals surface area contributed by atoms with Crippen LogP contribution in [0.2, 0.25) is 0 Å². The monoisotopic (exact) mass is 469 g/mol. The summed E-state index contributed by atoms with van der Waals surface area (Å²) in [6.07, 6.45) is 0.863. The first kappa shape index (κ1) is 21.8. The van der Waals surface area contributed by atoms with Crippen LogP contribution in [0, 0.1) is 0 Å². The number of urea groups is 1. The van der Waals surface area contributed by atoms with Crippen LogP contribution < -0.4 is 19.1 Å². The van der Waals surface area contributed by atoms with Crippen LogP contribution in [0.5, 0.6) is 17.2 Å². The molecule has 0 aromatic heterocycles. The molecule has 5 rings (SSSR count). The van der Waals surface area contributed by atoms with Crippen molar-refractivity contribution in [1.82, 2.24) is 9.80 Å². The lowest BCUT2D eigenvalue weighted by molar-refractivity contribution is -0.131. The van der Waals surface area contributed by atoms with Crippen LogP contribution in [-0.2, 0) is 4.79 Å². The number of hydrogen-bond donors (Lipinski definition) is 0. The van der Waals surface area contributed by atoms with Crippen molar-refractivity contribution in [3.63, 3.8) is 0 Å². The summed E-state index contributed by atoms with van der Waals surface area (Å²) in [5, 5.41) is 0.302. The van der Waals surface area contributed by atoms with Crippen molar-refractivity contribution in [3.05, 3.63) is 48.0 Å². The Morgan fingerprint density at radius 1 is 1.06 bits per heavy atom. The predicted octanol–water partition coefficient (Wildman–Crippen LogP) is 3.37. The standard InChI is InChI=1S/C24H27N3O5S/c1-30-19-5-3-18(4-6-19)27-11-10-26(24(27)29)15-23(28)25-9-8-22(33-13-12-25)17-2-7-20-21(14-17)32-16-31-20/h2-7,14,22H,8-13,15-16H2,1H3. The van der Waals surface area contributed by atoms with E-state index in [1.807, 2.05) is 53.1 Å². The number of methoxy groups -OCH3 is 1. The molecule has 1 unspecified atom stereocenters. The van der Waals surface area contributed by atoms with Crippen molar-refractivity contribution in [3.8, 4) is 17.2 Å². The number of benzene rings is 2. The van der Waals surface area contributed by atoms with Crippen molar-refractivity contribution in [2.45, 2.75) is 11.7 Å². The van der Waals surface area contributed by atoms with E-state index in [9.17, 15) is 9.59 Å². The Morgan fingerprint density at radius 2 is 1.88 bits per heavy atom. The van der Waals surface area contributed by atoms with Crippen LogP contribution in [0.4, 0.5) is 10.5 Å². The van der Waals surface area contributed by atoms with Gasteiger partial charge in [-0.05, 0) is 48.4 Å². The van der Waals surface area contributed by atoms with Gasteiger partial charge in [0.2, 0.25) is 12.7 Å². The summed E-state index contributed by atoms with van der Waals surface area (Å²) in [5.74, 6) is 3.19. The van der Waals surface area contributed by atoms with Gasteiger partial charge in [0.05, 0.1) is 7.11 Å². The van der Waals surface area contributed by atoms with E-state index in [1.54, 1.807) is 16.9 Å². The summed E-state index contributed by atoms with van der Waals surface area (Å²) in [5.41, 5.74) is 2.01. The molecule has 3 aliphatic heterocycles. The molecule has 0 spiro atoms. The van der Waals surface area contributed by atoms with Crippen molar-refractivity contribution in [1.29, 1.82) is 0 Å². The topological polar surface area (TPSA) is 71.6 Å². The zero-order chi connectivity index (χ0) is 22.8. The van der Waals surface area contributed by atoms with Crippen LogP contribution in [0.1, 0.15) is 17.2 Å². The van der Waals surface area contributed by atoms with Crippen LogP contribution in [0.3, 0.4) is 0 Å². The van der Waals surface area contributed by atoms with Gasteiger partial charge in [-0.3, -0.25) is 9.69 Å². The smallest absolute Gasteiger partial charge is 0.325 e. The van der Waals surface area contributed by atoms with E-state index in [0.717, 1.165) is 35.1 Å². The van der Waals surface area contributed by atoms with Gasteiger partial charge >= 0.3 is 6.03 Å². The second-order valence-electron chi connectivity index (χ2n) is 8.20. The zero-order valence-corrected chi connectivity index (χ0v) is 19.4. The van der Waals surface area contributed by atoms with Gasteiger partial charge in [-0.15, -0.1) is 0 Å². The number of thioether (sulfide) groups is 1. The third kappa shape index (κ3) is 4.55. The average molecular weight is 470 g/mol. The molecule has 3 aliphatic rings. The molecule has 0 bridgehead atoms. The van der Waals surface area contributed by atoms with Crippen LogP contribution in [0.25, 0.3) is 0 Å². The quantitative estimate of drug-likeness (QED) is 0.669. The molecule has 3 amide bonds. The Hall–Kier alpha value is -3.07. The molecule has 0 aliphatic carbocycles. The SMILES string of the molecule is COc1ccc(N2CCN(CC(=O)N3CCSC(c4ccc5c(c4)OCO5)CC3)C2=O)cc1. The second-order valence-corrected chi connectivity index (χ2v) is 9.51. The van der Waals surface area contributed by atoms with Gasteiger partial charge in [-0.2, -0.15) is 11.8 Å². The normalized spacial score (nSPS) is 20.2. The molecule has 0 radical (unpaired) electrons. The zero-order valence-electron chi connectivity index (χ0n) is 18.6. The van der Waals surface area contributed by atoms with E-state index in [4.69, 9.17) is 14.2 Å². The maximum atomic E-state index is 13.0. The minimum Gasteiger partial charge on any atom is -0.497 e. The van der Waals surface area contributed by atoms with Gasteiger partial charge < -0.3 is 24.0 Å². The summed E-state index contributed by atoms with van der Waals surface area (Å²) >= 11 is 1.86. The van der Waals surface area contributed by atoms with Gasteiger partial charge in [0, 0.05) is 42.9 Å². The summed E-state index contributed by atoms with van der Waals surface area (Å²) in [7, 11) is 1.61. The van der Waals surface area contributed by atoms with E-state index in [-0.39, 0.29) is 25.3 Å². The predicted molar refractivity (Wildman–Crippen MR) is 126 cm³/mol. The molecule has 174 valence electrons. The van der Waals surface area contributed by atoms with Crippen molar-refractivity contribution < 1.29 is 23.8 Å². The molecule has 0 N–H and O–H groups in total. The molecule has 1 atom stereocenters. The highest BCUT2D eigenvalue weighted by molar-refractivity contribution is 7.99. The van der Waals surface area contributed by atoms with E-state index in [1.165, 1.54) is 5.56 Å². The average Bonchev–Trinajstić information content (AvgIpc) is 3.37. The number of ether oxygens (including phenoxy) is 3. The van der Waals surface area contributed by atoms with E-state index in [0.29, 0.717) is 31.4 Å². The molecular formula is C24H27N3O5S. The Labute approximate surface area is 197 Å². The number of rotatable bonds is 5. The highest BCUT2D eigenvalue weighted by atomic mass is 32.2. The molecule has 2 aromatic carbocycles. The Balaban J connectivity index is 1.17. The maximum absolute atomic E-state index is 13.0. The van der Waals surface area contributed by atoms with E-state index < -0.39 is 0 Å². The molecule has 3 heterocycles. The lowest BCUT2D eigenvalue weighted by atomic mass is 10.1. The summed E-state index contributed by atoms with van der Waals surface area (Å²) < 4.78 is 16.1. The fourth-order valence-electron chi connectivity index (χ4n) is 4.39. The number of carbonyl (C=O) groups excluding carboxylic acids is 2. The number of anilines is 1. The summed E-state index contributed by atoms with van der Waals surface area (Å²) in [6.45, 7) is 2.86. The first-order chi connectivity index (χ1) is 16.1. The third-order valence-corrected chi connectivity index (χ3v) is 7.60. The first-order valence-corrected chi connectivity index (χ1v) is 12.2. The number of amides is 3. The van der Waals surface area contributed by atoms with Gasteiger partial charge in [0.1, 0.15) is 12.3 Å². The fourth-order valence-corrected chi connectivity index (χ4v) is 5.61. The fraction of sp³-hybridized carbons (Fsp3) is 0.417. The number of carbonyl (C=O) groups is 2. The molecule has 2 aromatic rings. The number of nitrogens with zero attached hydrogens (tertiary/aromatic N) is 3. The summed E-state index contributed by atoms with van der Waals surface area (Å²) in [4.78, 5) is 31.2. The molecule has 2 fully saturated rings. The van der Waals surface area contributed by atoms with Crippen LogP contribution in [0.15, 0.2) is 42.5 Å². The highest BCUT2D eigenvalue weighted by Crippen LogP contribution is 2.40. The lowest BCUT2D eigenvalue weighted by Gasteiger charge is -2.24. The van der Waals surface area contributed by atoms with Crippen LogP contribution >= 0.6 is 11.8 Å². The Kier molecular flexibility index (Phi) is 6.22. The number of fused-ring (bicyclic) bond motifs is 1. The second kappa shape index (κ2) is 9.43. The molecule has 2 saturated heterocycles. The minimum atomic E-state index is -0.129. The van der Waals surface area contributed by atoms with Crippen molar-refractivity contribution in [2.75, 3.05) is 57.3 Å². The van der Waals surface area contributed by atoms with E-state index >= 15 is 0 Å². The van der Waals surface area contributed by atoms with Gasteiger partial charge in [0.15, 0.2) is 11.5 Å². The van der Waals surface area contributed by atoms with Crippen molar-refractivity contribution >= 4 is 29.4 Å². The minimum absolute atomic E-state index is 0.00636. The van der Waals surface area contributed by atoms with Crippen LogP contribution in [-0.4, -0.2) is 74.1 Å². The molecule has 9 heteroatoms.